The fourth-order valence-corrected chi connectivity index (χ4v) is 2.10. The molecule has 21 heavy (non-hydrogen) atoms. The van der Waals surface area contributed by atoms with Crippen LogP contribution in [0.25, 0.3) is 0 Å². The molecule has 1 aromatic heterocycles. The predicted octanol–water partition coefficient (Wildman–Crippen LogP) is 2.34. The molecule has 0 aliphatic heterocycles. The van der Waals surface area contributed by atoms with Crippen molar-refractivity contribution in [2.45, 2.75) is 19.9 Å². The number of amides is 1. The molecule has 4 nitrogen and oxygen atoms in total. The van der Waals surface area contributed by atoms with E-state index in [1.165, 1.54) is 19.2 Å². The Bertz CT molecular complexity index is 650. The van der Waals surface area contributed by atoms with Crippen LogP contribution < -0.4 is 10.1 Å². The zero-order chi connectivity index (χ0) is 15.4. The molecule has 1 heterocycles. The van der Waals surface area contributed by atoms with E-state index in [-0.39, 0.29) is 18.1 Å². The second-order valence-electron chi connectivity index (χ2n) is 4.95. The summed E-state index contributed by atoms with van der Waals surface area (Å²) in [7, 11) is 3.36. The zero-order valence-electron chi connectivity index (χ0n) is 12.4. The number of carbonyl (C=O) groups is 1. The van der Waals surface area contributed by atoms with Gasteiger partial charge in [0.05, 0.1) is 20.1 Å². The lowest BCUT2D eigenvalue weighted by molar-refractivity contribution is -0.120. The first kappa shape index (κ1) is 15.1. The van der Waals surface area contributed by atoms with E-state index in [9.17, 15) is 9.18 Å². The lowest BCUT2D eigenvalue weighted by Gasteiger charge is -2.08. The molecule has 0 spiro atoms. The van der Waals surface area contributed by atoms with Crippen molar-refractivity contribution in [2.24, 2.45) is 7.05 Å². The number of ether oxygens (including phenoxy) is 1. The third kappa shape index (κ3) is 3.62. The van der Waals surface area contributed by atoms with Gasteiger partial charge in [0.25, 0.3) is 0 Å². The summed E-state index contributed by atoms with van der Waals surface area (Å²) in [6.07, 6.45) is 0.143. The van der Waals surface area contributed by atoms with Crippen molar-refractivity contribution in [3.63, 3.8) is 0 Å². The fourth-order valence-electron chi connectivity index (χ4n) is 2.10. The SMILES string of the molecule is COc1ccc(CC(=O)NCc2ccc(C)n2C)cc1F. The van der Waals surface area contributed by atoms with Crippen molar-refractivity contribution >= 4 is 5.91 Å². The normalized spacial score (nSPS) is 10.5. The quantitative estimate of drug-likeness (QED) is 0.918. The molecule has 2 rings (SSSR count). The number of methoxy groups -OCH3 is 1. The lowest BCUT2D eigenvalue weighted by atomic mass is 10.1. The maximum Gasteiger partial charge on any atom is 0.224 e. The third-order valence-electron chi connectivity index (χ3n) is 3.52. The van der Waals surface area contributed by atoms with Crippen LogP contribution in [0.1, 0.15) is 17.0 Å². The minimum atomic E-state index is -0.458. The van der Waals surface area contributed by atoms with Gasteiger partial charge in [-0.2, -0.15) is 0 Å². The number of nitrogens with zero attached hydrogens (tertiary/aromatic N) is 1. The maximum absolute atomic E-state index is 13.5. The molecule has 0 fully saturated rings. The average Bonchev–Trinajstić information content (AvgIpc) is 2.77. The molecule has 1 N–H and O–H groups in total. The molecule has 5 heteroatoms. The molecule has 0 atom stereocenters. The van der Waals surface area contributed by atoms with Gasteiger partial charge in [-0.3, -0.25) is 4.79 Å². The second-order valence-corrected chi connectivity index (χ2v) is 4.95. The summed E-state index contributed by atoms with van der Waals surface area (Å²) in [6.45, 7) is 2.47. The first-order chi connectivity index (χ1) is 10.0. The molecule has 1 amide bonds. The van der Waals surface area contributed by atoms with Gasteiger partial charge in [0.2, 0.25) is 5.91 Å². The number of hydrogen-bond acceptors (Lipinski definition) is 2. The highest BCUT2D eigenvalue weighted by Gasteiger charge is 2.08. The Morgan fingerprint density at radius 3 is 2.67 bits per heavy atom. The standard InChI is InChI=1S/C16H19FN2O2/c1-11-4-6-13(19(11)2)10-18-16(20)9-12-5-7-15(21-3)14(17)8-12/h4-8H,9-10H2,1-3H3,(H,18,20). The van der Waals surface area contributed by atoms with Crippen LogP contribution in [0.4, 0.5) is 4.39 Å². The van der Waals surface area contributed by atoms with Gasteiger partial charge >= 0.3 is 0 Å². The molecular formula is C16H19FN2O2. The highest BCUT2D eigenvalue weighted by atomic mass is 19.1. The fraction of sp³-hybridized carbons (Fsp3) is 0.312. The van der Waals surface area contributed by atoms with Crippen LogP contribution in [0, 0.1) is 12.7 Å². The van der Waals surface area contributed by atoms with Gasteiger partial charge in [-0.1, -0.05) is 6.07 Å². The van der Waals surface area contributed by atoms with Gasteiger partial charge in [0, 0.05) is 18.4 Å². The molecule has 0 radical (unpaired) electrons. The Kier molecular flexibility index (Phi) is 4.62. The number of carbonyl (C=O) groups excluding carboxylic acids is 1. The number of halogens is 1. The van der Waals surface area contributed by atoms with E-state index < -0.39 is 5.82 Å². The molecule has 112 valence electrons. The third-order valence-corrected chi connectivity index (χ3v) is 3.52. The Labute approximate surface area is 123 Å². The van der Waals surface area contributed by atoms with E-state index >= 15 is 0 Å². The molecule has 1 aromatic carbocycles. The van der Waals surface area contributed by atoms with Gasteiger partial charge in [-0.25, -0.2) is 4.39 Å². The topological polar surface area (TPSA) is 43.3 Å². The number of rotatable bonds is 5. The molecule has 0 aliphatic rings. The van der Waals surface area contributed by atoms with Crippen LogP contribution >= 0.6 is 0 Å². The van der Waals surface area contributed by atoms with Crippen LogP contribution in [0.3, 0.4) is 0 Å². The molecule has 0 bridgehead atoms. The van der Waals surface area contributed by atoms with Crippen molar-refractivity contribution in [1.29, 1.82) is 0 Å². The summed E-state index contributed by atoms with van der Waals surface area (Å²) in [5.74, 6) is -0.419. The number of benzene rings is 1. The molecule has 0 saturated carbocycles. The minimum Gasteiger partial charge on any atom is -0.494 e. The number of hydrogen-bond donors (Lipinski definition) is 1. The second kappa shape index (κ2) is 6.43. The first-order valence-corrected chi connectivity index (χ1v) is 6.71. The molecule has 0 unspecified atom stereocenters. The maximum atomic E-state index is 13.5. The van der Waals surface area contributed by atoms with Crippen molar-refractivity contribution < 1.29 is 13.9 Å². The molecular weight excluding hydrogens is 271 g/mol. The first-order valence-electron chi connectivity index (χ1n) is 6.71. The summed E-state index contributed by atoms with van der Waals surface area (Å²) in [5.41, 5.74) is 2.78. The predicted molar refractivity (Wildman–Crippen MR) is 78.7 cm³/mol. The van der Waals surface area contributed by atoms with Gasteiger partial charge < -0.3 is 14.6 Å². The smallest absolute Gasteiger partial charge is 0.224 e. The highest BCUT2D eigenvalue weighted by molar-refractivity contribution is 5.78. The molecule has 0 aliphatic carbocycles. The monoisotopic (exact) mass is 290 g/mol. The van der Waals surface area contributed by atoms with Gasteiger partial charge in [0.1, 0.15) is 0 Å². The Balaban J connectivity index is 1.93. The number of aromatic nitrogens is 1. The van der Waals surface area contributed by atoms with Gasteiger partial charge in [0.15, 0.2) is 11.6 Å². The van der Waals surface area contributed by atoms with Crippen LogP contribution in [0.15, 0.2) is 30.3 Å². The molecule has 2 aromatic rings. The van der Waals surface area contributed by atoms with Gasteiger partial charge in [-0.05, 0) is 36.8 Å². The number of aryl methyl sites for hydroxylation is 1. The Morgan fingerprint density at radius 1 is 1.33 bits per heavy atom. The lowest BCUT2D eigenvalue weighted by Crippen LogP contribution is -2.25. The Morgan fingerprint density at radius 2 is 2.10 bits per heavy atom. The summed E-state index contributed by atoms with van der Waals surface area (Å²) in [6, 6.07) is 8.51. The number of nitrogens with one attached hydrogen (secondary N) is 1. The van der Waals surface area contributed by atoms with Gasteiger partial charge in [-0.15, -0.1) is 0 Å². The minimum absolute atomic E-state index is 0.140. The van der Waals surface area contributed by atoms with Crippen molar-refractivity contribution in [3.05, 3.63) is 53.1 Å². The van der Waals surface area contributed by atoms with Crippen molar-refractivity contribution in [2.75, 3.05) is 7.11 Å². The average molecular weight is 290 g/mol. The zero-order valence-corrected chi connectivity index (χ0v) is 12.4. The molecule has 0 saturated heterocycles. The summed E-state index contributed by atoms with van der Waals surface area (Å²) >= 11 is 0. The summed E-state index contributed by atoms with van der Waals surface area (Å²) < 4.78 is 20.4. The highest BCUT2D eigenvalue weighted by Crippen LogP contribution is 2.17. The van der Waals surface area contributed by atoms with E-state index in [2.05, 4.69) is 5.32 Å². The van der Waals surface area contributed by atoms with E-state index in [0.717, 1.165) is 11.4 Å². The van der Waals surface area contributed by atoms with Crippen LogP contribution in [0.5, 0.6) is 5.75 Å². The van der Waals surface area contributed by atoms with Crippen molar-refractivity contribution in [3.8, 4) is 5.75 Å². The Hall–Kier alpha value is -2.30. The van der Waals surface area contributed by atoms with Crippen LogP contribution in [-0.4, -0.2) is 17.6 Å². The van der Waals surface area contributed by atoms with E-state index in [0.29, 0.717) is 12.1 Å². The summed E-state index contributed by atoms with van der Waals surface area (Å²) in [4.78, 5) is 11.9. The van der Waals surface area contributed by atoms with E-state index in [1.807, 2.05) is 30.7 Å². The largest absolute Gasteiger partial charge is 0.494 e. The van der Waals surface area contributed by atoms with Crippen LogP contribution in [-0.2, 0) is 24.8 Å². The van der Waals surface area contributed by atoms with E-state index in [1.54, 1.807) is 6.07 Å². The van der Waals surface area contributed by atoms with Crippen LogP contribution in [0.2, 0.25) is 0 Å². The van der Waals surface area contributed by atoms with Crippen molar-refractivity contribution in [1.82, 2.24) is 9.88 Å². The summed E-state index contributed by atoms with van der Waals surface area (Å²) in [5, 5.41) is 2.84. The van der Waals surface area contributed by atoms with E-state index in [4.69, 9.17) is 4.74 Å².